The third-order valence-electron chi connectivity index (χ3n) is 3.50. The van der Waals surface area contributed by atoms with Gasteiger partial charge in [-0.2, -0.15) is 0 Å². The van der Waals surface area contributed by atoms with Crippen molar-refractivity contribution in [3.05, 3.63) is 68.1 Å². The van der Waals surface area contributed by atoms with Crippen LogP contribution in [-0.4, -0.2) is 5.91 Å². The van der Waals surface area contributed by atoms with Gasteiger partial charge in [0.25, 0.3) is 5.91 Å². The molecular formula is C17H17Br2NO. The first-order chi connectivity index (χ1) is 9.81. The molecule has 0 atom stereocenters. The van der Waals surface area contributed by atoms with E-state index in [1.54, 1.807) is 0 Å². The average Bonchev–Trinajstić information content (AvgIpc) is 2.41. The number of halogens is 2. The largest absolute Gasteiger partial charge is 0.343 e. The molecule has 0 aliphatic carbocycles. The van der Waals surface area contributed by atoms with Crippen LogP contribution in [0, 0.1) is 6.92 Å². The zero-order chi connectivity index (χ0) is 15.6. The molecular weight excluding hydrogens is 394 g/mol. The lowest BCUT2D eigenvalue weighted by Crippen LogP contribution is -2.41. The Hall–Kier alpha value is -1.13. The molecule has 2 rings (SSSR count). The van der Waals surface area contributed by atoms with Gasteiger partial charge in [0.05, 0.1) is 5.54 Å². The zero-order valence-corrected chi connectivity index (χ0v) is 15.4. The van der Waals surface area contributed by atoms with Gasteiger partial charge in [0.2, 0.25) is 0 Å². The molecule has 1 amide bonds. The minimum absolute atomic E-state index is 0.0679. The van der Waals surface area contributed by atoms with E-state index in [0.29, 0.717) is 5.56 Å². The molecule has 2 nitrogen and oxygen atoms in total. The highest BCUT2D eigenvalue weighted by atomic mass is 79.9. The molecule has 0 fully saturated rings. The Morgan fingerprint density at radius 2 is 1.67 bits per heavy atom. The molecule has 2 aromatic carbocycles. The Bertz CT molecular complexity index is 663. The molecule has 0 radical (unpaired) electrons. The summed E-state index contributed by atoms with van der Waals surface area (Å²) in [7, 11) is 0. The van der Waals surface area contributed by atoms with Gasteiger partial charge in [-0.1, -0.05) is 50.1 Å². The lowest BCUT2D eigenvalue weighted by atomic mass is 9.93. The number of rotatable bonds is 3. The van der Waals surface area contributed by atoms with Gasteiger partial charge < -0.3 is 5.32 Å². The highest BCUT2D eigenvalue weighted by molar-refractivity contribution is 9.10. The van der Waals surface area contributed by atoms with E-state index in [-0.39, 0.29) is 5.91 Å². The molecule has 0 aliphatic heterocycles. The molecule has 0 saturated carbocycles. The van der Waals surface area contributed by atoms with Crippen molar-refractivity contribution in [1.29, 1.82) is 0 Å². The third-order valence-corrected chi connectivity index (χ3v) is 4.89. The van der Waals surface area contributed by atoms with Crippen LogP contribution in [0.3, 0.4) is 0 Å². The van der Waals surface area contributed by atoms with E-state index in [0.717, 1.165) is 20.1 Å². The minimum Gasteiger partial charge on any atom is -0.343 e. The summed E-state index contributed by atoms with van der Waals surface area (Å²) in [6, 6.07) is 13.6. The maximum Gasteiger partial charge on any atom is 0.252 e. The predicted octanol–water partition coefficient (Wildman–Crippen LogP) is 5.19. The highest BCUT2D eigenvalue weighted by Crippen LogP contribution is 2.24. The number of carbonyl (C=O) groups excluding carboxylic acids is 1. The Morgan fingerprint density at radius 1 is 1.05 bits per heavy atom. The zero-order valence-electron chi connectivity index (χ0n) is 12.2. The maximum absolute atomic E-state index is 12.5. The van der Waals surface area contributed by atoms with E-state index in [2.05, 4.69) is 37.2 Å². The van der Waals surface area contributed by atoms with Gasteiger partial charge in [-0.25, -0.2) is 0 Å². The Balaban J connectivity index is 2.25. The Kier molecular flexibility index (Phi) is 4.89. The summed E-state index contributed by atoms with van der Waals surface area (Å²) in [6.45, 7) is 5.94. The fourth-order valence-electron chi connectivity index (χ4n) is 2.14. The first-order valence-corrected chi connectivity index (χ1v) is 8.23. The van der Waals surface area contributed by atoms with E-state index in [9.17, 15) is 4.79 Å². The Labute approximate surface area is 142 Å². The third kappa shape index (κ3) is 3.74. The van der Waals surface area contributed by atoms with E-state index < -0.39 is 5.54 Å². The quantitative estimate of drug-likeness (QED) is 0.741. The maximum atomic E-state index is 12.5. The van der Waals surface area contributed by atoms with Crippen molar-refractivity contribution in [2.45, 2.75) is 26.3 Å². The highest BCUT2D eigenvalue weighted by Gasteiger charge is 2.24. The van der Waals surface area contributed by atoms with Gasteiger partial charge in [0.15, 0.2) is 0 Å². The number of nitrogens with one attached hydrogen (secondary N) is 1. The summed E-state index contributed by atoms with van der Waals surface area (Å²) in [6.07, 6.45) is 0. The fraction of sp³-hybridized carbons (Fsp3) is 0.235. The van der Waals surface area contributed by atoms with E-state index >= 15 is 0 Å². The molecule has 0 bridgehead atoms. The van der Waals surface area contributed by atoms with Crippen LogP contribution in [-0.2, 0) is 5.54 Å². The summed E-state index contributed by atoms with van der Waals surface area (Å²) < 4.78 is 1.97. The van der Waals surface area contributed by atoms with Crippen molar-refractivity contribution in [3.63, 3.8) is 0 Å². The van der Waals surface area contributed by atoms with E-state index in [1.165, 1.54) is 0 Å². The standard InChI is InChI=1S/C17H17Br2NO/c1-11-14(5-4-6-15(11)19)16(21)20-17(2,3)12-7-9-13(18)10-8-12/h4-10H,1-3H3,(H,20,21). The van der Waals surface area contributed by atoms with Crippen molar-refractivity contribution in [3.8, 4) is 0 Å². The SMILES string of the molecule is Cc1c(Br)cccc1C(=O)NC(C)(C)c1ccc(Br)cc1. The number of carbonyl (C=O) groups is 1. The topological polar surface area (TPSA) is 29.1 Å². The van der Waals surface area contributed by atoms with E-state index in [4.69, 9.17) is 0 Å². The summed E-state index contributed by atoms with van der Waals surface area (Å²) in [5, 5.41) is 3.10. The lowest BCUT2D eigenvalue weighted by molar-refractivity contribution is 0.0911. The van der Waals surface area contributed by atoms with E-state index in [1.807, 2.05) is 63.2 Å². The van der Waals surface area contributed by atoms with Crippen molar-refractivity contribution < 1.29 is 4.79 Å². The van der Waals surface area contributed by atoms with Crippen molar-refractivity contribution in [2.75, 3.05) is 0 Å². The molecule has 0 heterocycles. The van der Waals surface area contributed by atoms with Gasteiger partial charge in [-0.15, -0.1) is 0 Å². The summed E-state index contributed by atoms with van der Waals surface area (Å²) in [5.41, 5.74) is 2.26. The molecule has 4 heteroatoms. The van der Waals surface area contributed by atoms with Gasteiger partial charge >= 0.3 is 0 Å². The first kappa shape index (κ1) is 16.2. The number of benzene rings is 2. The van der Waals surface area contributed by atoms with Crippen LogP contribution in [0.5, 0.6) is 0 Å². The number of hydrogen-bond donors (Lipinski definition) is 1. The molecule has 0 unspecified atom stereocenters. The van der Waals surface area contributed by atoms with Crippen molar-refractivity contribution in [2.24, 2.45) is 0 Å². The van der Waals surface area contributed by atoms with Gasteiger partial charge in [0.1, 0.15) is 0 Å². The normalized spacial score (nSPS) is 11.3. The number of hydrogen-bond acceptors (Lipinski definition) is 1. The first-order valence-electron chi connectivity index (χ1n) is 6.65. The van der Waals surface area contributed by atoms with Crippen LogP contribution in [0.25, 0.3) is 0 Å². The monoisotopic (exact) mass is 409 g/mol. The second kappa shape index (κ2) is 6.32. The molecule has 2 aromatic rings. The summed E-state index contributed by atoms with van der Waals surface area (Å²) in [5.74, 6) is -0.0679. The van der Waals surface area contributed by atoms with Crippen molar-refractivity contribution >= 4 is 37.8 Å². The van der Waals surface area contributed by atoms with Gasteiger partial charge in [-0.3, -0.25) is 4.79 Å². The average molecular weight is 411 g/mol. The van der Waals surface area contributed by atoms with Crippen LogP contribution in [0.4, 0.5) is 0 Å². The van der Waals surface area contributed by atoms with Crippen molar-refractivity contribution in [1.82, 2.24) is 5.32 Å². The predicted molar refractivity (Wildman–Crippen MR) is 93.5 cm³/mol. The molecule has 1 N–H and O–H groups in total. The second-order valence-corrected chi connectivity index (χ2v) is 7.27. The molecule has 110 valence electrons. The van der Waals surface area contributed by atoms with Crippen LogP contribution in [0.2, 0.25) is 0 Å². The van der Waals surface area contributed by atoms with Gasteiger partial charge in [-0.05, 0) is 56.2 Å². The summed E-state index contributed by atoms with van der Waals surface area (Å²) >= 11 is 6.89. The minimum atomic E-state index is -0.438. The van der Waals surface area contributed by atoms with Gasteiger partial charge in [0, 0.05) is 14.5 Å². The molecule has 0 spiro atoms. The van der Waals surface area contributed by atoms with Crippen LogP contribution in [0.1, 0.15) is 35.3 Å². The second-order valence-electron chi connectivity index (χ2n) is 5.50. The van der Waals surface area contributed by atoms with Crippen LogP contribution >= 0.6 is 31.9 Å². The lowest BCUT2D eigenvalue weighted by Gasteiger charge is -2.27. The molecule has 0 aromatic heterocycles. The summed E-state index contributed by atoms with van der Waals surface area (Å²) in [4.78, 5) is 12.5. The Morgan fingerprint density at radius 3 is 2.29 bits per heavy atom. The fourth-order valence-corrected chi connectivity index (χ4v) is 2.77. The van der Waals surface area contributed by atoms with Crippen LogP contribution in [0.15, 0.2) is 51.4 Å². The molecule has 21 heavy (non-hydrogen) atoms. The molecule has 0 saturated heterocycles. The smallest absolute Gasteiger partial charge is 0.252 e. The van der Waals surface area contributed by atoms with Crippen LogP contribution < -0.4 is 5.32 Å². The molecule has 0 aliphatic rings. The number of amides is 1.